The lowest BCUT2D eigenvalue weighted by Gasteiger charge is -2.41. The number of hydrogen-bond donors (Lipinski definition) is 3. The summed E-state index contributed by atoms with van der Waals surface area (Å²) < 4.78 is 6.17. The second kappa shape index (κ2) is 6.21. The molecular formula is C18H24N4O3S. The third-order valence-corrected chi connectivity index (χ3v) is 5.86. The minimum atomic E-state index is -0.573. The third kappa shape index (κ3) is 3.26. The molecule has 1 aliphatic heterocycles. The van der Waals surface area contributed by atoms with E-state index in [-0.39, 0.29) is 11.6 Å². The molecule has 7 nitrogen and oxygen atoms in total. The molecule has 0 saturated carbocycles. The van der Waals surface area contributed by atoms with E-state index in [4.69, 9.17) is 10.5 Å². The van der Waals surface area contributed by atoms with E-state index in [2.05, 4.69) is 15.5 Å². The fraction of sp³-hybridized carbons (Fsp3) is 0.500. The van der Waals surface area contributed by atoms with Crippen molar-refractivity contribution in [2.75, 3.05) is 5.32 Å². The number of aryl methyl sites for hydroxylation is 1. The second-order valence-electron chi connectivity index (χ2n) is 7.61. The van der Waals surface area contributed by atoms with Crippen molar-refractivity contribution in [3.8, 4) is 0 Å². The van der Waals surface area contributed by atoms with E-state index in [0.717, 1.165) is 22.6 Å². The third-order valence-electron chi connectivity index (χ3n) is 4.41. The van der Waals surface area contributed by atoms with Crippen molar-refractivity contribution in [1.29, 1.82) is 0 Å². The summed E-state index contributed by atoms with van der Waals surface area (Å²) in [5, 5.41) is 10.1. The fourth-order valence-electron chi connectivity index (χ4n) is 3.49. The maximum atomic E-state index is 12.5. The van der Waals surface area contributed by atoms with Crippen LogP contribution in [0.25, 0.3) is 0 Å². The zero-order valence-electron chi connectivity index (χ0n) is 15.6. The van der Waals surface area contributed by atoms with Crippen molar-refractivity contribution in [1.82, 2.24) is 10.2 Å². The Morgan fingerprint density at radius 3 is 2.65 bits per heavy atom. The number of primary amides is 1. The SMILES string of the molecule is CCc1cc(C(=O)Nc2sc3c(c2C(N)=O)CC(C)(C)OC3(C)C)n[nH]1. The first-order valence-corrected chi connectivity index (χ1v) is 9.37. The lowest BCUT2D eigenvalue weighted by Crippen LogP contribution is -2.42. The molecule has 3 heterocycles. The molecule has 8 heteroatoms. The Morgan fingerprint density at radius 1 is 1.38 bits per heavy atom. The van der Waals surface area contributed by atoms with E-state index in [1.807, 2.05) is 34.6 Å². The lowest BCUT2D eigenvalue weighted by atomic mass is 9.86. The maximum absolute atomic E-state index is 12.5. The van der Waals surface area contributed by atoms with Gasteiger partial charge < -0.3 is 15.8 Å². The summed E-state index contributed by atoms with van der Waals surface area (Å²) in [5.41, 5.74) is 7.02. The van der Waals surface area contributed by atoms with Crippen LogP contribution in [-0.2, 0) is 23.2 Å². The highest BCUT2D eigenvalue weighted by molar-refractivity contribution is 7.17. The van der Waals surface area contributed by atoms with Gasteiger partial charge in [-0.2, -0.15) is 5.10 Å². The van der Waals surface area contributed by atoms with Crippen molar-refractivity contribution >= 4 is 28.2 Å². The number of anilines is 1. The first kappa shape index (κ1) is 18.6. The maximum Gasteiger partial charge on any atom is 0.276 e. The summed E-state index contributed by atoms with van der Waals surface area (Å²) in [7, 11) is 0. The number of carbonyl (C=O) groups excluding carboxylic acids is 2. The van der Waals surface area contributed by atoms with E-state index in [1.54, 1.807) is 6.07 Å². The molecule has 0 radical (unpaired) electrons. The molecule has 3 rings (SSSR count). The highest BCUT2D eigenvalue weighted by atomic mass is 32.1. The first-order valence-electron chi connectivity index (χ1n) is 8.56. The summed E-state index contributed by atoms with van der Waals surface area (Å²) in [5.74, 6) is -0.928. The molecule has 2 amide bonds. The van der Waals surface area contributed by atoms with E-state index in [9.17, 15) is 9.59 Å². The Kier molecular flexibility index (Phi) is 4.44. The smallest absolute Gasteiger partial charge is 0.276 e. The van der Waals surface area contributed by atoms with E-state index >= 15 is 0 Å². The average Bonchev–Trinajstić information content (AvgIpc) is 3.09. The van der Waals surface area contributed by atoms with E-state index in [1.165, 1.54) is 11.3 Å². The minimum absolute atomic E-state index is 0.277. The Hall–Kier alpha value is -2.19. The minimum Gasteiger partial charge on any atom is -0.365 e. The molecule has 0 aliphatic carbocycles. The molecule has 2 aromatic rings. The lowest BCUT2D eigenvalue weighted by molar-refractivity contribution is -0.135. The van der Waals surface area contributed by atoms with Gasteiger partial charge in [0, 0.05) is 17.0 Å². The summed E-state index contributed by atoms with van der Waals surface area (Å²) in [6, 6.07) is 1.70. The van der Waals surface area contributed by atoms with Crippen molar-refractivity contribution in [2.24, 2.45) is 5.73 Å². The standard InChI is InChI=1S/C18H24N4O3S/c1-6-9-7-11(22-21-9)15(24)20-16-12(14(19)23)10-8-17(2,3)25-18(4,5)13(10)26-16/h7H,6,8H2,1-5H3,(H2,19,23)(H,20,24)(H,21,22). The van der Waals surface area contributed by atoms with Crippen LogP contribution < -0.4 is 11.1 Å². The van der Waals surface area contributed by atoms with Crippen LogP contribution in [0, 0.1) is 0 Å². The molecule has 140 valence electrons. The summed E-state index contributed by atoms with van der Waals surface area (Å²) in [6.45, 7) is 9.85. The number of aromatic nitrogens is 2. The molecule has 0 unspecified atom stereocenters. The topological polar surface area (TPSA) is 110 Å². The molecule has 0 atom stereocenters. The molecule has 0 saturated heterocycles. The molecular weight excluding hydrogens is 352 g/mol. The number of hydrogen-bond acceptors (Lipinski definition) is 5. The molecule has 0 spiro atoms. The number of ether oxygens (including phenoxy) is 1. The average molecular weight is 376 g/mol. The Balaban J connectivity index is 2.02. The summed E-state index contributed by atoms with van der Waals surface area (Å²) >= 11 is 1.34. The van der Waals surface area contributed by atoms with Gasteiger partial charge in [0.05, 0.1) is 16.8 Å². The van der Waals surface area contributed by atoms with Gasteiger partial charge in [-0.3, -0.25) is 14.7 Å². The van der Waals surface area contributed by atoms with Crippen LogP contribution in [0.3, 0.4) is 0 Å². The van der Waals surface area contributed by atoms with Gasteiger partial charge >= 0.3 is 0 Å². The van der Waals surface area contributed by atoms with Gasteiger partial charge in [0.15, 0.2) is 5.69 Å². The highest BCUT2D eigenvalue weighted by Crippen LogP contribution is 2.48. The second-order valence-corrected chi connectivity index (χ2v) is 8.63. The number of nitrogens with two attached hydrogens (primary N) is 1. The van der Waals surface area contributed by atoms with Crippen molar-refractivity contribution in [3.05, 3.63) is 33.5 Å². The Labute approximate surface area is 156 Å². The number of amides is 2. The molecule has 1 aliphatic rings. The van der Waals surface area contributed by atoms with Crippen LogP contribution in [0.4, 0.5) is 5.00 Å². The predicted octanol–water partition coefficient (Wildman–Crippen LogP) is 2.97. The molecule has 26 heavy (non-hydrogen) atoms. The summed E-state index contributed by atoms with van der Waals surface area (Å²) in [6.07, 6.45) is 1.31. The molecule has 4 N–H and O–H groups in total. The molecule has 0 fully saturated rings. The van der Waals surface area contributed by atoms with Crippen LogP contribution in [-0.4, -0.2) is 27.6 Å². The monoisotopic (exact) mass is 376 g/mol. The van der Waals surface area contributed by atoms with Crippen LogP contribution in [0.2, 0.25) is 0 Å². The predicted molar refractivity (Wildman–Crippen MR) is 101 cm³/mol. The summed E-state index contributed by atoms with van der Waals surface area (Å²) in [4.78, 5) is 25.6. The van der Waals surface area contributed by atoms with E-state index in [0.29, 0.717) is 17.0 Å². The number of nitrogens with one attached hydrogen (secondary N) is 2. The number of fused-ring (bicyclic) bond motifs is 1. The van der Waals surface area contributed by atoms with Gasteiger partial charge in [-0.1, -0.05) is 6.92 Å². The van der Waals surface area contributed by atoms with Crippen LogP contribution >= 0.6 is 11.3 Å². The van der Waals surface area contributed by atoms with E-state index < -0.39 is 17.1 Å². The number of carbonyl (C=O) groups is 2. The number of nitrogens with zero attached hydrogens (tertiary/aromatic N) is 1. The number of aromatic amines is 1. The van der Waals surface area contributed by atoms with Crippen molar-refractivity contribution in [3.63, 3.8) is 0 Å². The first-order chi connectivity index (χ1) is 12.0. The zero-order valence-corrected chi connectivity index (χ0v) is 16.5. The highest BCUT2D eigenvalue weighted by Gasteiger charge is 2.42. The van der Waals surface area contributed by atoms with Gasteiger partial charge in [-0.15, -0.1) is 11.3 Å². The van der Waals surface area contributed by atoms with Gasteiger partial charge in [0.25, 0.3) is 11.8 Å². The van der Waals surface area contributed by atoms with Crippen molar-refractivity contribution in [2.45, 2.75) is 58.7 Å². The van der Waals surface area contributed by atoms with Gasteiger partial charge in [0.1, 0.15) is 5.00 Å². The normalized spacial score (nSPS) is 17.6. The quantitative estimate of drug-likeness (QED) is 0.762. The Bertz CT molecular complexity index is 879. The number of rotatable bonds is 4. The van der Waals surface area contributed by atoms with Gasteiger partial charge in [-0.05, 0) is 45.7 Å². The Morgan fingerprint density at radius 2 is 2.08 bits per heavy atom. The van der Waals surface area contributed by atoms with Crippen LogP contribution in [0.5, 0.6) is 0 Å². The molecule has 0 aromatic carbocycles. The van der Waals surface area contributed by atoms with Crippen molar-refractivity contribution < 1.29 is 14.3 Å². The van der Waals surface area contributed by atoms with Crippen LogP contribution in [0.1, 0.15) is 71.6 Å². The van der Waals surface area contributed by atoms with Gasteiger partial charge in [0.2, 0.25) is 0 Å². The number of H-pyrrole nitrogens is 1. The molecule has 2 aromatic heterocycles. The van der Waals surface area contributed by atoms with Gasteiger partial charge in [-0.25, -0.2) is 0 Å². The zero-order chi connectivity index (χ0) is 19.3. The fourth-order valence-corrected chi connectivity index (χ4v) is 4.75. The molecule has 0 bridgehead atoms. The van der Waals surface area contributed by atoms with Crippen LogP contribution in [0.15, 0.2) is 6.07 Å². The largest absolute Gasteiger partial charge is 0.365 e. The number of thiophene rings is 1.